The summed E-state index contributed by atoms with van der Waals surface area (Å²) < 4.78 is 0. The molecule has 0 aliphatic rings. The number of hydrogen-bond acceptors (Lipinski definition) is 2. The van der Waals surface area contributed by atoms with Crippen LogP contribution in [-0.4, -0.2) is 50.1 Å². The topological polar surface area (TPSA) is 64.7 Å². The summed E-state index contributed by atoms with van der Waals surface area (Å²) in [6.07, 6.45) is 0. The van der Waals surface area contributed by atoms with Gasteiger partial charge in [-0.15, -0.1) is 0 Å². The maximum atomic E-state index is 11.4. The van der Waals surface area contributed by atoms with Crippen molar-refractivity contribution in [2.75, 3.05) is 28.2 Å². The number of benzene rings is 1. The SMILES string of the molecule is CN(C)C(=O)NCc1cccc(CNC(=O)N(C)C)c1. The summed E-state index contributed by atoms with van der Waals surface area (Å²) in [5.74, 6) is 0. The molecule has 20 heavy (non-hydrogen) atoms. The van der Waals surface area contributed by atoms with Crippen molar-refractivity contribution in [3.05, 3.63) is 35.4 Å². The number of urea groups is 2. The van der Waals surface area contributed by atoms with Gasteiger partial charge in [-0.25, -0.2) is 9.59 Å². The highest BCUT2D eigenvalue weighted by Gasteiger charge is 2.05. The zero-order chi connectivity index (χ0) is 15.1. The van der Waals surface area contributed by atoms with E-state index in [1.54, 1.807) is 28.2 Å². The highest BCUT2D eigenvalue weighted by Crippen LogP contribution is 2.05. The third-order valence-electron chi connectivity index (χ3n) is 2.69. The molecule has 1 aromatic rings. The lowest BCUT2D eigenvalue weighted by atomic mass is 10.1. The molecule has 0 aromatic heterocycles. The van der Waals surface area contributed by atoms with E-state index >= 15 is 0 Å². The molecule has 110 valence electrons. The van der Waals surface area contributed by atoms with Crippen LogP contribution in [0.3, 0.4) is 0 Å². The van der Waals surface area contributed by atoms with Gasteiger partial charge >= 0.3 is 12.1 Å². The Labute approximate surface area is 119 Å². The molecule has 4 amide bonds. The molecule has 6 nitrogen and oxygen atoms in total. The van der Waals surface area contributed by atoms with E-state index in [-0.39, 0.29) is 12.1 Å². The first-order valence-corrected chi connectivity index (χ1v) is 6.38. The maximum absolute atomic E-state index is 11.4. The van der Waals surface area contributed by atoms with Crippen molar-refractivity contribution < 1.29 is 9.59 Å². The van der Waals surface area contributed by atoms with Crippen molar-refractivity contribution in [2.45, 2.75) is 13.1 Å². The number of nitrogens with zero attached hydrogens (tertiary/aromatic N) is 2. The van der Waals surface area contributed by atoms with Gasteiger partial charge in [-0.1, -0.05) is 24.3 Å². The molecule has 0 fully saturated rings. The summed E-state index contributed by atoms with van der Waals surface area (Å²) >= 11 is 0. The van der Waals surface area contributed by atoms with Crippen molar-refractivity contribution in [3.8, 4) is 0 Å². The van der Waals surface area contributed by atoms with Crippen LogP contribution in [0.15, 0.2) is 24.3 Å². The van der Waals surface area contributed by atoms with Gasteiger partial charge in [0, 0.05) is 41.3 Å². The highest BCUT2D eigenvalue weighted by atomic mass is 16.2. The van der Waals surface area contributed by atoms with Gasteiger partial charge in [-0.2, -0.15) is 0 Å². The number of carbonyl (C=O) groups is 2. The lowest BCUT2D eigenvalue weighted by Crippen LogP contribution is -2.34. The maximum Gasteiger partial charge on any atom is 0.317 e. The Kier molecular flexibility index (Phi) is 5.83. The van der Waals surface area contributed by atoms with Crippen LogP contribution >= 0.6 is 0 Å². The molecule has 0 aliphatic heterocycles. The summed E-state index contributed by atoms with van der Waals surface area (Å²) in [7, 11) is 6.79. The van der Waals surface area contributed by atoms with E-state index in [4.69, 9.17) is 0 Å². The quantitative estimate of drug-likeness (QED) is 0.870. The fourth-order valence-electron chi connectivity index (χ4n) is 1.52. The Morgan fingerprint density at radius 1 is 0.900 bits per heavy atom. The largest absolute Gasteiger partial charge is 0.334 e. The molecule has 6 heteroatoms. The number of amides is 4. The fraction of sp³-hybridized carbons (Fsp3) is 0.429. The van der Waals surface area contributed by atoms with Crippen LogP contribution in [0.4, 0.5) is 9.59 Å². The van der Waals surface area contributed by atoms with Crippen LogP contribution in [0.1, 0.15) is 11.1 Å². The third-order valence-corrected chi connectivity index (χ3v) is 2.69. The Morgan fingerprint density at radius 2 is 1.30 bits per heavy atom. The molecule has 0 aliphatic carbocycles. The second-order valence-electron chi connectivity index (χ2n) is 4.93. The van der Waals surface area contributed by atoms with Crippen LogP contribution in [0.5, 0.6) is 0 Å². The molecule has 0 saturated heterocycles. The molecular formula is C14H22N4O2. The van der Waals surface area contributed by atoms with E-state index in [0.717, 1.165) is 11.1 Å². The lowest BCUT2D eigenvalue weighted by Gasteiger charge is -2.14. The van der Waals surface area contributed by atoms with Gasteiger partial charge < -0.3 is 20.4 Å². The zero-order valence-electron chi connectivity index (χ0n) is 12.4. The van der Waals surface area contributed by atoms with Crippen molar-refractivity contribution in [1.29, 1.82) is 0 Å². The predicted octanol–water partition coefficient (Wildman–Crippen LogP) is 1.23. The number of nitrogens with one attached hydrogen (secondary N) is 2. The Balaban J connectivity index is 2.53. The summed E-state index contributed by atoms with van der Waals surface area (Å²) in [5.41, 5.74) is 1.99. The number of hydrogen-bond donors (Lipinski definition) is 2. The third kappa shape index (κ3) is 5.17. The molecular weight excluding hydrogens is 256 g/mol. The summed E-state index contributed by atoms with van der Waals surface area (Å²) in [6, 6.07) is 7.49. The fourth-order valence-corrected chi connectivity index (χ4v) is 1.52. The Bertz CT molecular complexity index is 433. The first-order chi connectivity index (χ1) is 9.40. The molecule has 0 atom stereocenters. The van der Waals surface area contributed by atoms with Crippen molar-refractivity contribution >= 4 is 12.1 Å². The number of carbonyl (C=O) groups excluding carboxylic acids is 2. The first-order valence-electron chi connectivity index (χ1n) is 6.38. The standard InChI is InChI=1S/C14H22N4O2/c1-17(2)13(19)15-9-11-6-5-7-12(8-11)10-16-14(20)18(3)4/h5-8H,9-10H2,1-4H3,(H,15,19)(H,16,20). The average molecular weight is 278 g/mol. The van der Waals surface area contributed by atoms with Gasteiger partial charge in [-0.3, -0.25) is 0 Å². The zero-order valence-corrected chi connectivity index (χ0v) is 12.4. The summed E-state index contributed by atoms with van der Waals surface area (Å²) in [5, 5.41) is 5.60. The summed E-state index contributed by atoms with van der Waals surface area (Å²) in [6.45, 7) is 0.930. The Morgan fingerprint density at radius 3 is 1.65 bits per heavy atom. The second kappa shape index (κ2) is 7.37. The van der Waals surface area contributed by atoms with Gasteiger partial charge in [0.1, 0.15) is 0 Å². The van der Waals surface area contributed by atoms with E-state index in [0.29, 0.717) is 13.1 Å². The molecule has 2 N–H and O–H groups in total. The van der Waals surface area contributed by atoms with Crippen LogP contribution < -0.4 is 10.6 Å². The highest BCUT2D eigenvalue weighted by molar-refractivity contribution is 5.73. The molecule has 0 heterocycles. The normalized spacial score (nSPS) is 9.80. The van der Waals surface area contributed by atoms with E-state index in [2.05, 4.69) is 10.6 Å². The van der Waals surface area contributed by atoms with Gasteiger partial charge in [0.2, 0.25) is 0 Å². The lowest BCUT2D eigenvalue weighted by molar-refractivity contribution is 0.216. The monoisotopic (exact) mass is 278 g/mol. The predicted molar refractivity (Wildman–Crippen MR) is 78.3 cm³/mol. The molecule has 0 radical (unpaired) electrons. The van der Waals surface area contributed by atoms with Gasteiger partial charge in [0.25, 0.3) is 0 Å². The van der Waals surface area contributed by atoms with Crippen molar-refractivity contribution in [1.82, 2.24) is 20.4 Å². The van der Waals surface area contributed by atoms with Gasteiger partial charge in [0.05, 0.1) is 0 Å². The molecule has 0 unspecified atom stereocenters. The van der Waals surface area contributed by atoms with Gasteiger partial charge in [0.15, 0.2) is 0 Å². The summed E-state index contributed by atoms with van der Waals surface area (Å²) in [4.78, 5) is 25.9. The molecule has 1 aromatic carbocycles. The van der Waals surface area contributed by atoms with Crippen LogP contribution in [0.2, 0.25) is 0 Å². The molecule has 0 bridgehead atoms. The minimum Gasteiger partial charge on any atom is -0.334 e. The number of rotatable bonds is 4. The van der Waals surface area contributed by atoms with E-state index < -0.39 is 0 Å². The van der Waals surface area contributed by atoms with Crippen LogP contribution in [-0.2, 0) is 13.1 Å². The van der Waals surface area contributed by atoms with Crippen molar-refractivity contribution in [3.63, 3.8) is 0 Å². The Hall–Kier alpha value is -2.24. The smallest absolute Gasteiger partial charge is 0.317 e. The van der Waals surface area contributed by atoms with Gasteiger partial charge in [-0.05, 0) is 11.1 Å². The minimum absolute atomic E-state index is 0.128. The molecule has 1 rings (SSSR count). The molecule has 0 spiro atoms. The second-order valence-corrected chi connectivity index (χ2v) is 4.93. The molecule has 0 saturated carbocycles. The van der Waals surface area contributed by atoms with Crippen LogP contribution in [0.25, 0.3) is 0 Å². The first kappa shape index (κ1) is 15.8. The van der Waals surface area contributed by atoms with E-state index in [1.165, 1.54) is 9.80 Å². The van der Waals surface area contributed by atoms with Crippen molar-refractivity contribution in [2.24, 2.45) is 0 Å². The van der Waals surface area contributed by atoms with E-state index in [9.17, 15) is 9.59 Å². The van der Waals surface area contributed by atoms with Crippen LogP contribution in [0, 0.1) is 0 Å². The average Bonchev–Trinajstić information content (AvgIpc) is 2.42. The minimum atomic E-state index is -0.128. The van der Waals surface area contributed by atoms with E-state index in [1.807, 2.05) is 24.3 Å².